The summed E-state index contributed by atoms with van der Waals surface area (Å²) in [5.74, 6) is 0.867. The molecule has 2 rings (SSSR count). The maximum atomic E-state index is 5.84. The Balaban J connectivity index is 1.98. The lowest BCUT2D eigenvalue weighted by atomic mass is 9.91. The molecule has 0 spiro atoms. The van der Waals surface area contributed by atoms with Crippen molar-refractivity contribution in [2.45, 2.75) is 51.7 Å². The van der Waals surface area contributed by atoms with Crippen LogP contribution in [0, 0.1) is 5.92 Å². The highest BCUT2D eigenvalue weighted by Crippen LogP contribution is 2.41. The fraction of sp³-hybridized carbons (Fsp3) is 1.00. The molecule has 0 bridgehead atoms. The van der Waals surface area contributed by atoms with Gasteiger partial charge in [-0.3, -0.25) is 4.90 Å². The fourth-order valence-corrected chi connectivity index (χ4v) is 3.14. The van der Waals surface area contributed by atoms with Crippen LogP contribution in [0.5, 0.6) is 0 Å². The number of ether oxygens (including phenoxy) is 1. The van der Waals surface area contributed by atoms with Crippen LogP contribution in [0.3, 0.4) is 0 Å². The predicted octanol–water partition coefficient (Wildman–Crippen LogP) is 2.29. The molecule has 0 aromatic rings. The first-order valence-corrected chi connectivity index (χ1v) is 5.99. The van der Waals surface area contributed by atoms with Gasteiger partial charge in [0.1, 0.15) is 0 Å². The van der Waals surface area contributed by atoms with Gasteiger partial charge in [0.15, 0.2) is 0 Å². The summed E-state index contributed by atoms with van der Waals surface area (Å²) in [6.07, 6.45) is 4.44. The fourth-order valence-electron chi connectivity index (χ4n) is 3.14. The zero-order chi connectivity index (χ0) is 10.2. The second kappa shape index (κ2) is 3.82. The number of fused-ring (bicyclic) bond motifs is 1. The summed E-state index contributed by atoms with van der Waals surface area (Å²) in [5.41, 5.74) is 0.420. The Morgan fingerprint density at radius 3 is 3.00 bits per heavy atom. The molecule has 2 aliphatic rings. The largest absolute Gasteiger partial charge is 0.377 e. The van der Waals surface area contributed by atoms with Gasteiger partial charge in [-0.25, -0.2) is 0 Å². The molecule has 0 aliphatic carbocycles. The van der Waals surface area contributed by atoms with Crippen molar-refractivity contribution in [3.05, 3.63) is 0 Å². The number of hydrogen-bond donors (Lipinski definition) is 0. The molecule has 2 atom stereocenters. The first-order chi connectivity index (χ1) is 6.62. The maximum Gasteiger partial charge on any atom is 0.0654 e. The molecule has 14 heavy (non-hydrogen) atoms. The summed E-state index contributed by atoms with van der Waals surface area (Å²) in [6, 6.07) is 0. The zero-order valence-corrected chi connectivity index (χ0v) is 9.75. The van der Waals surface area contributed by atoms with Crippen LogP contribution >= 0.6 is 0 Å². The van der Waals surface area contributed by atoms with E-state index in [-0.39, 0.29) is 0 Å². The van der Waals surface area contributed by atoms with E-state index >= 15 is 0 Å². The van der Waals surface area contributed by atoms with E-state index in [0.717, 1.165) is 12.5 Å². The van der Waals surface area contributed by atoms with E-state index in [1.807, 2.05) is 0 Å². The highest BCUT2D eigenvalue weighted by atomic mass is 16.5. The van der Waals surface area contributed by atoms with Crippen molar-refractivity contribution in [1.82, 2.24) is 4.90 Å². The maximum absolute atomic E-state index is 5.84. The predicted molar refractivity (Wildman–Crippen MR) is 58.4 cm³/mol. The first kappa shape index (κ1) is 10.4. The summed E-state index contributed by atoms with van der Waals surface area (Å²) in [5, 5.41) is 0. The Morgan fingerprint density at radius 2 is 2.29 bits per heavy atom. The van der Waals surface area contributed by atoms with Crippen molar-refractivity contribution < 1.29 is 4.74 Å². The molecule has 0 aromatic heterocycles. The Hall–Kier alpha value is -0.0800. The molecular formula is C12H23NO. The van der Waals surface area contributed by atoms with Gasteiger partial charge in [0, 0.05) is 12.1 Å². The lowest BCUT2D eigenvalue weighted by Crippen LogP contribution is -2.43. The molecule has 0 amide bonds. The highest BCUT2D eigenvalue weighted by Gasteiger charge is 2.47. The second-order valence-electron chi connectivity index (χ2n) is 5.44. The molecule has 2 fully saturated rings. The molecule has 2 heterocycles. The average molecular weight is 197 g/mol. The van der Waals surface area contributed by atoms with E-state index in [0.29, 0.717) is 11.6 Å². The van der Waals surface area contributed by atoms with Gasteiger partial charge in [-0.15, -0.1) is 0 Å². The second-order valence-corrected chi connectivity index (χ2v) is 5.44. The van der Waals surface area contributed by atoms with E-state index in [1.165, 1.54) is 32.4 Å². The molecule has 2 heteroatoms. The summed E-state index contributed by atoms with van der Waals surface area (Å²) in [4.78, 5) is 2.67. The van der Waals surface area contributed by atoms with Crippen LogP contribution in [-0.4, -0.2) is 36.2 Å². The van der Waals surface area contributed by atoms with Crippen LogP contribution in [0.1, 0.15) is 40.0 Å². The molecular weight excluding hydrogens is 174 g/mol. The standard InChI is InChI=1S/C12H23NO/c1-10(2)14-9-12-5-4-6-13(12)8-11(3)7-12/h10-11H,4-9H2,1-3H3/t11-,12+/m0/s1. The summed E-state index contributed by atoms with van der Waals surface area (Å²) >= 11 is 0. The van der Waals surface area contributed by atoms with Crippen LogP contribution in [0.15, 0.2) is 0 Å². The van der Waals surface area contributed by atoms with E-state index in [1.54, 1.807) is 0 Å². The van der Waals surface area contributed by atoms with E-state index in [2.05, 4.69) is 25.7 Å². The quantitative estimate of drug-likeness (QED) is 0.688. The molecule has 0 unspecified atom stereocenters. The molecule has 2 nitrogen and oxygen atoms in total. The van der Waals surface area contributed by atoms with Crippen molar-refractivity contribution in [3.63, 3.8) is 0 Å². The van der Waals surface area contributed by atoms with Gasteiger partial charge in [-0.1, -0.05) is 6.92 Å². The third-order valence-electron chi connectivity index (χ3n) is 3.69. The summed E-state index contributed by atoms with van der Waals surface area (Å²) in [6.45, 7) is 10.2. The van der Waals surface area contributed by atoms with Crippen molar-refractivity contribution in [2.24, 2.45) is 5.92 Å². The summed E-state index contributed by atoms with van der Waals surface area (Å²) in [7, 11) is 0. The van der Waals surface area contributed by atoms with Crippen molar-refractivity contribution in [3.8, 4) is 0 Å². The van der Waals surface area contributed by atoms with Crippen LogP contribution in [0.2, 0.25) is 0 Å². The Morgan fingerprint density at radius 1 is 1.50 bits per heavy atom. The van der Waals surface area contributed by atoms with Crippen LogP contribution < -0.4 is 0 Å². The SMILES string of the molecule is CC(C)OC[C@]12CCCN1C[C@@H](C)C2. The molecule has 0 N–H and O–H groups in total. The summed E-state index contributed by atoms with van der Waals surface area (Å²) < 4.78 is 5.84. The smallest absolute Gasteiger partial charge is 0.0654 e. The van der Waals surface area contributed by atoms with E-state index < -0.39 is 0 Å². The Bertz CT molecular complexity index is 204. The van der Waals surface area contributed by atoms with Crippen LogP contribution in [-0.2, 0) is 4.74 Å². The molecule has 0 aromatic carbocycles. The number of rotatable bonds is 3. The Labute approximate surface area is 87.6 Å². The minimum atomic E-state index is 0.378. The van der Waals surface area contributed by atoms with Gasteiger partial charge in [-0.05, 0) is 45.6 Å². The lowest BCUT2D eigenvalue weighted by molar-refractivity contribution is 0.00292. The van der Waals surface area contributed by atoms with Crippen molar-refractivity contribution >= 4 is 0 Å². The third kappa shape index (κ3) is 1.82. The molecule has 0 radical (unpaired) electrons. The lowest BCUT2D eigenvalue weighted by Gasteiger charge is -2.32. The van der Waals surface area contributed by atoms with Gasteiger partial charge >= 0.3 is 0 Å². The highest BCUT2D eigenvalue weighted by molar-refractivity contribution is 5.02. The zero-order valence-electron chi connectivity index (χ0n) is 9.75. The van der Waals surface area contributed by atoms with Crippen molar-refractivity contribution in [2.75, 3.05) is 19.7 Å². The topological polar surface area (TPSA) is 12.5 Å². The van der Waals surface area contributed by atoms with Gasteiger partial charge in [0.25, 0.3) is 0 Å². The molecule has 2 saturated heterocycles. The molecule has 2 aliphatic heterocycles. The van der Waals surface area contributed by atoms with Gasteiger partial charge in [-0.2, -0.15) is 0 Å². The monoisotopic (exact) mass is 197 g/mol. The Kier molecular flexibility index (Phi) is 2.85. The van der Waals surface area contributed by atoms with Crippen LogP contribution in [0.25, 0.3) is 0 Å². The first-order valence-electron chi connectivity index (χ1n) is 5.99. The molecule has 0 saturated carbocycles. The van der Waals surface area contributed by atoms with Gasteiger partial charge in [0.05, 0.1) is 12.7 Å². The number of hydrogen-bond acceptors (Lipinski definition) is 2. The van der Waals surface area contributed by atoms with E-state index in [4.69, 9.17) is 4.74 Å². The van der Waals surface area contributed by atoms with Crippen LogP contribution in [0.4, 0.5) is 0 Å². The normalized spacial score (nSPS) is 38.1. The number of nitrogens with zero attached hydrogens (tertiary/aromatic N) is 1. The average Bonchev–Trinajstić information content (AvgIpc) is 2.56. The minimum absolute atomic E-state index is 0.378. The van der Waals surface area contributed by atoms with E-state index in [9.17, 15) is 0 Å². The van der Waals surface area contributed by atoms with Gasteiger partial charge in [0.2, 0.25) is 0 Å². The third-order valence-corrected chi connectivity index (χ3v) is 3.69. The van der Waals surface area contributed by atoms with Crippen molar-refractivity contribution in [1.29, 1.82) is 0 Å². The molecule has 82 valence electrons. The minimum Gasteiger partial charge on any atom is -0.377 e. The van der Waals surface area contributed by atoms with Gasteiger partial charge < -0.3 is 4.74 Å².